The minimum absolute atomic E-state index is 0.00754. The third-order valence-corrected chi connectivity index (χ3v) is 2.69. The molecule has 1 amide bonds. The molecule has 21 heavy (non-hydrogen) atoms. The van der Waals surface area contributed by atoms with E-state index in [1.165, 1.54) is 23.0 Å². The Balaban J connectivity index is 1.92. The summed E-state index contributed by atoms with van der Waals surface area (Å²) < 4.78 is 41.9. The zero-order valence-corrected chi connectivity index (χ0v) is 12.0. The van der Waals surface area contributed by atoms with Gasteiger partial charge in [0.25, 0.3) is 0 Å². The Morgan fingerprint density at radius 3 is 2.52 bits per heavy atom. The summed E-state index contributed by atoms with van der Waals surface area (Å²) >= 11 is 3.20. The summed E-state index contributed by atoms with van der Waals surface area (Å²) in [6, 6.07) is 4.87. The Labute approximate surface area is 125 Å². The van der Waals surface area contributed by atoms with Crippen molar-refractivity contribution in [2.45, 2.75) is 12.9 Å². The van der Waals surface area contributed by atoms with Gasteiger partial charge in [-0.25, -0.2) is 0 Å². The highest BCUT2D eigenvalue weighted by Gasteiger charge is 2.30. The fourth-order valence-electron chi connectivity index (χ4n) is 1.51. The molecular formula is C12H9BrF3N3O2. The van der Waals surface area contributed by atoms with Crippen LogP contribution in [-0.2, 0) is 11.3 Å². The number of hydrogen-bond donors (Lipinski definition) is 1. The summed E-state index contributed by atoms with van der Waals surface area (Å²) in [6.45, 7) is -0.00754. The summed E-state index contributed by atoms with van der Waals surface area (Å²) in [6.07, 6.45) is -1.57. The first-order chi connectivity index (χ1) is 9.82. The van der Waals surface area contributed by atoms with E-state index in [2.05, 4.69) is 31.1 Å². The molecule has 1 heterocycles. The first-order valence-corrected chi connectivity index (χ1v) is 6.45. The number of carbonyl (C=O) groups is 1. The van der Waals surface area contributed by atoms with Gasteiger partial charge in [-0.05, 0) is 40.2 Å². The number of amides is 1. The average molecular weight is 364 g/mol. The van der Waals surface area contributed by atoms with Gasteiger partial charge in [0.2, 0.25) is 5.91 Å². The standard InChI is InChI=1S/C12H9BrF3N3O2/c13-8-5-17-19(6-8)7-11(20)18-9-1-3-10(4-2-9)21-12(14,15)16/h1-6H,7H2,(H,18,20). The molecule has 0 unspecified atom stereocenters. The molecule has 0 radical (unpaired) electrons. The predicted molar refractivity (Wildman–Crippen MR) is 71.7 cm³/mol. The van der Waals surface area contributed by atoms with Crippen LogP contribution in [0.25, 0.3) is 0 Å². The van der Waals surface area contributed by atoms with Crippen molar-refractivity contribution in [2.75, 3.05) is 5.32 Å². The van der Waals surface area contributed by atoms with Crippen LogP contribution in [0.15, 0.2) is 41.1 Å². The number of carbonyl (C=O) groups excluding carboxylic acids is 1. The molecule has 2 rings (SSSR count). The van der Waals surface area contributed by atoms with Crippen LogP contribution in [-0.4, -0.2) is 22.1 Å². The van der Waals surface area contributed by atoms with E-state index in [0.29, 0.717) is 5.69 Å². The Morgan fingerprint density at radius 2 is 2.00 bits per heavy atom. The topological polar surface area (TPSA) is 56.2 Å². The van der Waals surface area contributed by atoms with Gasteiger partial charge in [-0.15, -0.1) is 13.2 Å². The molecule has 0 aliphatic rings. The van der Waals surface area contributed by atoms with Crippen LogP contribution in [0.1, 0.15) is 0 Å². The fraction of sp³-hybridized carbons (Fsp3) is 0.167. The van der Waals surface area contributed by atoms with E-state index >= 15 is 0 Å². The molecular weight excluding hydrogens is 355 g/mol. The fourth-order valence-corrected chi connectivity index (χ4v) is 1.84. The van der Waals surface area contributed by atoms with E-state index in [1.54, 1.807) is 6.20 Å². The van der Waals surface area contributed by atoms with E-state index in [1.807, 2.05) is 0 Å². The molecule has 1 N–H and O–H groups in total. The summed E-state index contributed by atoms with van der Waals surface area (Å²) in [4.78, 5) is 11.7. The lowest BCUT2D eigenvalue weighted by Gasteiger charge is -2.10. The lowest BCUT2D eigenvalue weighted by molar-refractivity contribution is -0.274. The van der Waals surface area contributed by atoms with Crippen molar-refractivity contribution in [1.29, 1.82) is 0 Å². The number of nitrogens with one attached hydrogen (secondary N) is 1. The van der Waals surface area contributed by atoms with Gasteiger partial charge in [-0.1, -0.05) is 0 Å². The molecule has 0 saturated carbocycles. The van der Waals surface area contributed by atoms with Gasteiger partial charge >= 0.3 is 6.36 Å². The number of alkyl halides is 3. The average Bonchev–Trinajstić information content (AvgIpc) is 2.75. The number of rotatable bonds is 4. The smallest absolute Gasteiger partial charge is 0.406 e. The van der Waals surface area contributed by atoms with Crippen LogP contribution < -0.4 is 10.1 Å². The Hall–Kier alpha value is -2.03. The van der Waals surface area contributed by atoms with E-state index in [9.17, 15) is 18.0 Å². The quantitative estimate of drug-likeness (QED) is 0.907. The van der Waals surface area contributed by atoms with Crippen LogP contribution in [0.4, 0.5) is 18.9 Å². The Bertz CT molecular complexity index is 625. The highest BCUT2D eigenvalue weighted by Crippen LogP contribution is 2.23. The van der Waals surface area contributed by atoms with E-state index in [-0.39, 0.29) is 18.2 Å². The van der Waals surface area contributed by atoms with Gasteiger partial charge in [0.05, 0.1) is 10.7 Å². The molecule has 0 fully saturated rings. The highest BCUT2D eigenvalue weighted by molar-refractivity contribution is 9.10. The van der Waals surface area contributed by atoms with Gasteiger partial charge in [-0.2, -0.15) is 5.10 Å². The van der Waals surface area contributed by atoms with E-state index in [4.69, 9.17) is 0 Å². The van der Waals surface area contributed by atoms with Crippen molar-refractivity contribution in [3.63, 3.8) is 0 Å². The number of anilines is 1. The molecule has 2 aromatic rings. The number of halogens is 4. The Morgan fingerprint density at radius 1 is 1.33 bits per heavy atom. The van der Waals surface area contributed by atoms with Gasteiger partial charge < -0.3 is 10.1 Å². The maximum absolute atomic E-state index is 12.0. The highest BCUT2D eigenvalue weighted by atomic mass is 79.9. The maximum Gasteiger partial charge on any atom is 0.573 e. The predicted octanol–water partition coefficient (Wildman–Crippen LogP) is 3.18. The lowest BCUT2D eigenvalue weighted by atomic mass is 10.3. The monoisotopic (exact) mass is 363 g/mol. The zero-order chi connectivity index (χ0) is 15.5. The summed E-state index contributed by atoms with van der Waals surface area (Å²) in [5.74, 6) is -0.702. The van der Waals surface area contributed by atoms with Gasteiger partial charge in [0.15, 0.2) is 0 Å². The molecule has 1 aromatic heterocycles. The van der Waals surface area contributed by atoms with Gasteiger partial charge in [0.1, 0.15) is 12.3 Å². The van der Waals surface area contributed by atoms with Crippen LogP contribution in [0.2, 0.25) is 0 Å². The SMILES string of the molecule is O=C(Cn1cc(Br)cn1)Nc1ccc(OC(F)(F)F)cc1. The van der Waals surface area contributed by atoms with Crippen molar-refractivity contribution < 1.29 is 22.7 Å². The van der Waals surface area contributed by atoms with Gasteiger partial charge in [0, 0.05) is 11.9 Å². The van der Waals surface area contributed by atoms with Crippen molar-refractivity contribution >= 4 is 27.5 Å². The Kier molecular flexibility index (Phi) is 4.51. The third-order valence-electron chi connectivity index (χ3n) is 2.28. The van der Waals surface area contributed by atoms with Crippen molar-refractivity contribution in [2.24, 2.45) is 0 Å². The molecule has 9 heteroatoms. The molecule has 0 atom stereocenters. The molecule has 0 spiro atoms. The van der Waals surface area contributed by atoms with E-state index < -0.39 is 6.36 Å². The summed E-state index contributed by atoms with van der Waals surface area (Å²) in [5.41, 5.74) is 0.362. The molecule has 0 aliphatic carbocycles. The minimum atomic E-state index is -4.74. The minimum Gasteiger partial charge on any atom is -0.406 e. The third kappa shape index (κ3) is 5.10. The largest absolute Gasteiger partial charge is 0.573 e. The van der Waals surface area contributed by atoms with Crippen LogP contribution in [0.3, 0.4) is 0 Å². The number of ether oxygens (including phenoxy) is 1. The van der Waals surface area contributed by atoms with Crippen LogP contribution in [0.5, 0.6) is 5.75 Å². The van der Waals surface area contributed by atoms with Crippen molar-refractivity contribution in [3.8, 4) is 5.75 Å². The molecule has 0 bridgehead atoms. The number of nitrogens with zero attached hydrogens (tertiary/aromatic N) is 2. The second-order valence-corrected chi connectivity index (χ2v) is 4.89. The summed E-state index contributed by atoms with van der Waals surface area (Å²) in [5, 5.41) is 6.45. The lowest BCUT2D eigenvalue weighted by Crippen LogP contribution is -2.19. The molecule has 0 aliphatic heterocycles. The normalized spacial score (nSPS) is 11.2. The first kappa shape index (κ1) is 15.4. The number of hydrogen-bond acceptors (Lipinski definition) is 3. The second-order valence-electron chi connectivity index (χ2n) is 3.98. The molecule has 112 valence electrons. The van der Waals surface area contributed by atoms with Crippen molar-refractivity contribution in [1.82, 2.24) is 9.78 Å². The van der Waals surface area contributed by atoms with Crippen molar-refractivity contribution in [3.05, 3.63) is 41.1 Å². The number of aromatic nitrogens is 2. The van der Waals surface area contributed by atoms with Crippen LogP contribution >= 0.6 is 15.9 Å². The number of benzene rings is 1. The molecule has 5 nitrogen and oxygen atoms in total. The molecule has 1 aromatic carbocycles. The summed E-state index contributed by atoms with van der Waals surface area (Å²) in [7, 11) is 0. The zero-order valence-electron chi connectivity index (χ0n) is 10.4. The molecule has 0 saturated heterocycles. The second kappa shape index (κ2) is 6.17. The van der Waals surface area contributed by atoms with Gasteiger partial charge in [-0.3, -0.25) is 9.48 Å². The van der Waals surface area contributed by atoms with E-state index in [0.717, 1.165) is 16.6 Å². The maximum atomic E-state index is 12.0. The van der Waals surface area contributed by atoms with Crippen LogP contribution in [0, 0.1) is 0 Å². The first-order valence-electron chi connectivity index (χ1n) is 5.65.